The number of carbonyl (C=O) groups excluding carboxylic acids is 3. The Morgan fingerprint density at radius 3 is 2.33 bits per heavy atom. The molecular formula is C26H27N3O4. The number of carbonyl (C=O) groups is 3. The fraction of sp³-hybridized carbons (Fsp3) is 0.423. The number of hydrogen-bond donors (Lipinski definition) is 0. The molecule has 7 nitrogen and oxygen atoms in total. The fourth-order valence-electron chi connectivity index (χ4n) is 5.16. The van der Waals surface area contributed by atoms with Gasteiger partial charge in [-0.3, -0.25) is 19.4 Å². The van der Waals surface area contributed by atoms with Crippen LogP contribution in [-0.2, 0) is 19.1 Å². The lowest BCUT2D eigenvalue weighted by Gasteiger charge is -2.52. The third kappa shape index (κ3) is 4.31. The second kappa shape index (κ2) is 8.87. The highest BCUT2D eigenvalue weighted by Crippen LogP contribution is 2.46. The molecule has 1 amide bonds. The molecule has 1 saturated carbocycles. The first-order chi connectivity index (χ1) is 15.8. The highest BCUT2D eigenvalue weighted by Gasteiger charge is 2.53. The van der Waals surface area contributed by atoms with Crippen LogP contribution in [0.5, 0.6) is 0 Å². The molecule has 2 heterocycles. The zero-order chi connectivity index (χ0) is 23.8. The summed E-state index contributed by atoms with van der Waals surface area (Å²) in [6.07, 6.45) is 2.14. The van der Waals surface area contributed by atoms with Crippen molar-refractivity contribution in [1.82, 2.24) is 9.88 Å². The van der Waals surface area contributed by atoms with Gasteiger partial charge in [-0.2, -0.15) is 5.26 Å². The summed E-state index contributed by atoms with van der Waals surface area (Å²) in [5, 5.41) is 8.97. The Hall–Kier alpha value is -3.37. The van der Waals surface area contributed by atoms with E-state index in [2.05, 4.69) is 11.1 Å². The Morgan fingerprint density at radius 2 is 1.82 bits per heavy atom. The summed E-state index contributed by atoms with van der Waals surface area (Å²) < 4.78 is 5.18. The van der Waals surface area contributed by atoms with Crippen LogP contribution in [0.3, 0.4) is 0 Å². The minimum absolute atomic E-state index is 0.0376. The maximum atomic E-state index is 13.2. The molecule has 0 bridgehead atoms. The first-order valence-electron chi connectivity index (χ1n) is 11.2. The van der Waals surface area contributed by atoms with Gasteiger partial charge in [0.1, 0.15) is 30.2 Å². The summed E-state index contributed by atoms with van der Waals surface area (Å²) in [6.45, 7) is 7.05. The zero-order valence-electron chi connectivity index (χ0n) is 19.2. The first-order valence-corrected chi connectivity index (χ1v) is 11.2. The van der Waals surface area contributed by atoms with Crippen LogP contribution in [0.4, 0.5) is 0 Å². The Labute approximate surface area is 193 Å². The minimum atomic E-state index is -0.758. The molecule has 1 aromatic heterocycles. The molecule has 4 rings (SSSR count). The van der Waals surface area contributed by atoms with Crippen LogP contribution < -0.4 is 0 Å². The Morgan fingerprint density at radius 1 is 1.18 bits per heavy atom. The molecule has 33 heavy (non-hydrogen) atoms. The molecule has 0 N–H and O–H groups in total. The molecule has 170 valence electrons. The van der Waals surface area contributed by atoms with Crippen LogP contribution in [0.2, 0.25) is 0 Å². The maximum Gasteiger partial charge on any atom is 0.248 e. The average molecular weight is 446 g/mol. The topological polar surface area (TPSA) is 100 Å². The number of amides is 1. The van der Waals surface area contributed by atoms with Gasteiger partial charge in [-0.05, 0) is 61.7 Å². The van der Waals surface area contributed by atoms with Gasteiger partial charge < -0.3 is 9.64 Å². The zero-order valence-corrected chi connectivity index (χ0v) is 19.2. The minimum Gasteiger partial charge on any atom is -0.372 e. The molecule has 7 heteroatoms. The molecule has 1 aromatic carbocycles. The van der Waals surface area contributed by atoms with Crippen molar-refractivity contribution in [2.75, 3.05) is 26.3 Å². The van der Waals surface area contributed by atoms with Gasteiger partial charge in [0.05, 0.1) is 11.3 Å². The van der Waals surface area contributed by atoms with E-state index in [1.807, 2.05) is 32.9 Å². The smallest absolute Gasteiger partial charge is 0.248 e. The van der Waals surface area contributed by atoms with Crippen molar-refractivity contribution in [3.05, 3.63) is 52.7 Å². The van der Waals surface area contributed by atoms with Gasteiger partial charge >= 0.3 is 0 Å². The van der Waals surface area contributed by atoms with E-state index in [9.17, 15) is 14.4 Å². The highest BCUT2D eigenvalue weighted by molar-refractivity contribution is 6.11. The van der Waals surface area contributed by atoms with E-state index in [-0.39, 0.29) is 24.1 Å². The van der Waals surface area contributed by atoms with Crippen LogP contribution in [0, 0.1) is 30.6 Å². The normalized spacial score (nSPS) is 17.7. The number of pyridine rings is 1. The molecule has 0 unspecified atom stereocenters. The second-order valence-corrected chi connectivity index (χ2v) is 9.17. The van der Waals surface area contributed by atoms with Crippen molar-refractivity contribution in [2.45, 2.75) is 39.5 Å². The molecule has 0 atom stereocenters. The lowest BCUT2D eigenvalue weighted by Crippen LogP contribution is -2.62. The van der Waals surface area contributed by atoms with Crippen molar-refractivity contribution in [2.24, 2.45) is 5.41 Å². The number of ketones is 2. The number of aryl methyl sites for hydroxylation is 2. The molecule has 1 saturated heterocycles. The number of Topliss-reactive ketones (excluding diaryl/α,β-unsaturated/α-hetero) is 2. The van der Waals surface area contributed by atoms with Crippen molar-refractivity contribution < 1.29 is 19.1 Å². The predicted octanol–water partition coefficient (Wildman–Crippen LogP) is 3.12. The average Bonchev–Trinajstić information content (AvgIpc) is 2.76. The van der Waals surface area contributed by atoms with Crippen LogP contribution in [-0.4, -0.2) is 53.7 Å². The van der Waals surface area contributed by atoms with Gasteiger partial charge in [0.25, 0.3) is 0 Å². The fourth-order valence-corrected chi connectivity index (χ4v) is 5.16. The number of benzene rings is 1. The Kier molecular flexibility index (Phi) is 6.13. The maximum absolute atomic E-state index is 13.2. The molecule has 1 spiro atoms. The number of aromatic nitrogens is 1. The number of likely N-dealkylation sites (tertiary alicyclic amines) is 1. The SMILES string of the molecule is CCOCC(=O)N1CC2(CC(=O)C(c3c(C)cc(-c4ccc(C#N)cn4)cc3C)C(=O)C2)C1. The third-order valence-corrected chi connectivity index (χ3v) is 6.65. The van der Waals surface area contributed by atoms with Gasteiger partial charge in [-0.25, -0.2) is 0 Å². The summed E-state index contributed by atoms with van der Waals surface area (Å²) in [5.41, 5.74) is 4.21. The lowest BCUT2D eigenvalue weighted by atomic mass is 9.63. The third-order valence-electron chi connectivity index (χ3n) is 6.65. The predicted molar refractivity (Wildman–Crippen MR) is 121 cm³/mol. The van der Waals surface area contributed by atoms with Crippen LogP contribution in [0.25, 0.3) is 11.3 Å². The molecule has 1 aliphatic heterocycles. The lowest BCUT2D eigenvalue weighted by molar-refractivity contribution is -0.157. The molecule has 2 aliphatic rings. The monoisotopic (exact) mass is 445 g/mol. The van der Waals surface area contributed by atoms with Gasteiger partial charge in [-0.1, -0.05) is 0 Å². The van der Waals surface area contributed by atoms with Crippen molar-refractivity contribution >= 4 is 17.5 Å². The second-order valence-electron chi connectivity index (χ2n) is 9.17. The quantitative estimate of drug-likeness (QED) is 0.656. The number of hydrogen-bond acceptors (Lipinski definition) is 6. The largest absolute Gasteiger partial charge is 0.372 e. The van der Waals surface area contributed by atoms with Crippen LogP contribution >= 0.6 is 0 Å². The summed E-state index contributed by atoms with van der Waals surface area (Å²) in [7, 11) is 0. The summed E-state index contributed by atoms with van der Waals surface area (Å²) in [5.74, 6) is -0.993. The summed E-state index contributed by atoms with van der Waals surface area (Å²) in [6, 6.07) is 9.46. The van der Waals surface area contributed by atoms with E-state index in [0.717, 1.165) is 27.9 Å². The Balaban J connectivity index is 1.52. The van der Waals surface area contributed by atoms with E-state index in [1.165, 1.54) is 6.20 Å². The molecule has 2 fully saturated rings. The summed E-state index contributed by atoms with van der Waals surface area (Å²) in [4.78, 5) is 44.6. The van der Waals surface area contributed by atoms with E-state index in [0.29, 0.717) is 38.1 Å². The number of nitrogens with zero attached hydrogens (tertiary/aromatic N) is 3. The van der Waals surface area contributed by atoms with E-state index >= 15 is 0 Å². The van der Waals surface area contributed by atoms with Gasteiger partial charge in [0, 0.05) is 49.7 Å². The Bertz CT molecular complexity index is 1110. The molecule has 2 aromatic rings. The van der Waals surface area contributed by atoms with E-state index < -0.39 is 11.3 Å². The van der Waals surface area contributed by atoms with Gasteiger partial charge in [0.15, 0.2) is 0 Å². The first kappa shape index (κ1) is 22.8. The van der Waals surface area contributed by atoms with Crippen molar-refractivity contribution in [3.63, 3.8) is 0 Å². The number of rotatable bonds is 5. The van der Waals surface area contributed by atoms with E-state index in [4.69, 9.17) is 10.00 Å². The van der Waals surface area contributed by atoms with Gasteiger partial charge in [-0.15, -0.1) is 0 Å². The van der Waals surface area contributed by atoms with Crippen LogP contribution in [0.1, 0.15) is 47.9 Å². The number of ether oxygens (including phenoxy) is 1. The standard InChI is InChI=1S/C26H27N3O4/c1-4-33-13-23(32)29-14-26(15-29)9-21(30)25(22(31)10-26)24-16(2)7-19(8-17(24)3)20-6-5-18(11-27)12-28-20/h5-8,12,25H,4,9-10,13-15H2,1-3H3. The molecule has 1 aliphatic carbocycles. The van der Waals surface area contributed by atoms with Crippen LogP contribution in [0.15, 0.2) is 30.5 Å². The number of nitriles is 1. The summed E-state index contributed by atoms with van der Waals surface area (Å²) >= 11 is 0. The highest BCUT2D eigenvalue weighted by atomic mass is 16.5. The van der Waals surface area contributed by atoms with E-state index in [1.54, 1.807) is 17.0 Å². The van der Waals surface area contributed by atoms with Gasteiger partial charge in [0.2, 0.25) is 5.91 Å². The van der Waals surface area contributed by atoms with Crippen molar-refractivity contribution in [3.8, 4) is 17.3 Å². The molecule has 0 radical (unpaired) electrons. The molecular weight excluding hydrogens is 418 g/mol. The van der Waals surface area contributed by atoms with Crippen molar-refractivity contribution in [1.29, 1.82) is 5.26 Å².